The molecule has 0 saturated carbocycles. The molecule has 0 aliphatic heterocycles. The maximum atomic E-state index is 11.9. The second-order valence-electron chi connectivity index (χ2n) is 4.79. The Labute approximate surface area is 138 Å². The number of halogens is 1. The molecule has 23 heavy (non-hydrogen) atoms. The van der Waals surface area contributed by atoms with Gasteiger partial charge in [-0.05, 0) is 37.3 Å². The van der Waals surface area contributed by atoms with Crippen LogP contribution in [-0.2, 0) is 16.1 Å². The molecule has 122 valence electrons. The summed E-state index contributed by atoms with van der Waals surface area (Å²) in [4.78, 5) is 23.5. The van der Waals surface area contributed by atoms with E-state index in [1.54, 1.807) is 43.3 Å². The fourth-order valence-electron chi connectivity index (χ4n) is 1.77. The van der Waals surface area contributed by atoms with Gasteiger partial charge in [-0.15, -0.1) is 0 Å². The van der Waals surface area contributed by atoms with Crippen LogP contribution in [0.25, 0.3) is 0 Å². The Morgan fingerprint density at radius 1 is 1.26 bits per heavy atom. The fraction of sp³-hybridized carbons (Fsp3) is 0.250. The maximum absolute atomic E-state index is 11.9. The molecular weight excluding hydrogens is 320 g/mol. The smallest absolute Gasteiger partial charge is 0.261 e. The van der Waals surface area contributed by atoms with Crippen molar-refractivity contribution in [1.29, 1.82) is 0 Å². The second kappa shape index (κ2) is 8.24. The highest BCUT2D eigenvalue weighted by atomic mass is 35.5. The molecule has 0 aliphatic rings. The minimum absolute atomic E-state index is 0.136. The standard InChI is InChI=1S/C16H17ClN2O4/c1-11(23-13-5-2-4-12(17)8-13)16(21)19-10-15(20)18-9-14-6-3-7-22-14/h2-8,11H,9-10H2,1H3,(H,18,20)(H,19,21). The fourth-order valence-corrected chi connectivity index (χ4v) is 1.95. The Kier molecular flexibility index (Phi) is 6.05. The van der Waals surface area contributed by atoms with E-state index in [-0.39, 0.29) is 19.0 Å². The molecule has 0 saturated heterocycles. The van der Waals surface area contributed by atoms with Crippen molar-refractivity contribution in [2.24, 2.45) is 0 Å². The SMILES string of the molecule is CC(Oc1cccc(Cl)c1)C(=O)NCC(=O)NCc1ccco1. The third-order valence-electron chi connectivity index (χ3n) is 2.94. The lowest BCUT2D eigenvalue weighted by Crippen LogP contribution is -2.42. The number of benzene rings is 1. The minimum Gasteiger partial charge on any atom is -0.481 e. The van der Waals surface area contributed by atoms with Crippen LogP contribution in [0.3, 0.4) is 0 Å². The van der Waals surface area contributed by atoms with E-state index in [2.05, 4.69) is 10.6 Å². The Morgan fingerprint density at radius 2 is 2.09 bits per heavy atom. The van der Waals surface area contributed by atoms with Gasteiger partial charge in [0, 0.05) is 5.02 Å². The molecule has 1 aromatic carbocycles. The highest BCUT2D eigenvalue weighted by molar-refractivity contribution is 6.30. The molecule has 0 spiro atoms. The van der Waals surface area contributed by atoms with Crippen molar-refractivity contribution < 1.29 is 18.7 Å². The van der Waals surface area contributed by atoms with Gasteiger partial charge in [-0.3, -0.25) is 9.59 Å². The highest BCUT2D eigenvalue weighted by Crippen LogP contribution is 2.18. The van der Waals surface area contributed by atoms with Crippen molar-refractivity contribution >= 4 is 23.4 Å². The minimum atomic E-state index is -0.744. The third-order valence-corrected chi connectivity index (χ3v) is 3.18. The highest BCUT2D eigenvalue weighted by Gasteiger charge is 2.15. The Balaban J connectivity index is 1.72. The zero-order valence-electron chi connectivity index (χ0n) is 12.5. The van der Waals surface area contributed by atoms with Gasteiger partial charge in [0.2, 0.25) is 5.91 Å². The molecule has 0 bridgehead atoms. The molecule has 1 heterocycles. The number of hydrogen-bond donors (Lipinski definition) is 2. The Morgan fingerprint density at radius 3 is 2.78 bits per heavy atom. The van der Waals surface area contributed by atoms with Gasteiger partial charge in [-0.2, -0.15) is 0 Å². The normalized spacial score (nSPS) is 11.6. The Hall–Kier alpha value is -2.47. The van der Waals surface area contributed by atoms with Crippen molar-refractivity contribution in [2.75, 3.05) is 6.54 Å². The lowest BCUT2D eigenvalue weighted by Gasteiger charge is -2.14. The predicted octanol–water partition coefficient (Wildman–Crippen LogP) is 2.13. The number of carbonyl (C=O) groups is 2. The van der Waals surface area contributed by atoms with Crippen molar-refractivity contribution in [3.05, 3.63) is 53.4 Å². The quantitative estimate of drug-likeness (QED) is 0.811. The molecular formula is C16H17ClN2O4. The summed E-state index contributed by atoms with van der Waals surface area (Å²) in [5.74, 6) is 0.424. The van der Waals surface area contributed by atoms with Crippen LogP contribution in [0, 0.1) is 0 Å². The van der Waals surface area contributed by atoms with Crippen molar-refractivity contribution in [3.63, 3.8) is 0 Å². The lowest BCUT2D eigenvalue weighted by atomic mass is 10.3. The average molecular weight is 337 g/mol. The van der Waals surface area contributed by atoms with E-state index in [1.807, 2.05) is 0 Å². The van der Waals surface area contributed by atoms with Gasteiger partial charge < -0.3 is 19.8 Å². The summed E-state index contributed by atoms with van der Waals surface area (Å²) >= 11 is 5.85. The van der Waals surface area contributed by atoms with E-state index in [9.17, 15) is 9.59 Å². The number of carbonyl (C=O) groups excluding carboxylic acids is 2. The zero-order chi connectivity index (χ0) is 16.7. The van der Waals surface area contributed by atoms with Crippen molar-refractivity contribution in [3.8, 4) is 5.75 Å². The van der Waals surface area contributed by atoms with Gasteiger partial charge in [-0.25, -0.2) is 0 Å². The van der Waals surface area contributed by atoms with Gasteiger partial charge in [-0.1, -0.05) is 17.7 Å². The molecule has 2 N–H and O–H groups in total. The summed E-state index contributed by atoms with van der Waals surface area (Å²) in [6, 6.07) is 10.2. The predicted molar refractivity (Wildman–Crippen MR) is 85.1 cm³/mol. The molecule has 1 aromatic heterocycles. The van der Waals surface area contributed by atoms with Crippen LogP contribution in [-0.4, -0.2) is 24.5 Å². The number of rotatable bonds is 7. The molecule has 2 aromatic rings. The van der Waals surface area contributed by atoms with E-state index < -0.39 is 12.0 Å². The first-order valence-corrected chi connectivity index (χ1v) is 7.41. The Bertz CT molecular complexity index is 658. The molecule has 2 rings (SSSR count). The largest absolute Gasteiger partial charge is 0.481 e. The van der Waals surface area contributed by atoms with Gasteiger partial charge in [0.25, 0.3) is 5.91 Å². The van der Waals surface area contributed by atoms with Gasteiger partial charge in [0.1, 0.15) is 11.5 Å². The van der Waals surface area contributed by atoms with Crippen molar-refractivity contribution in [2.45, 2.75) is 19.6 Å². The first-order valence-electron chi connectivity index (χ1n) is 7.03. The number of nitrogens with one attached hydrogen (secondary N) is 2. The van der Waals surface area contributed by atoms with Crippen molar-refractivity contribution in [1.82, 2.24) is 10.6 Å². The number of amides is 2. The van der Waals surface area contributed by atoms with E-state index in [1.165, 1.54) is 6.26 Å². The summed E-state index contributed by atoms with van der Waals surface area (Å²) in [7, 11) is 0. The van der Waals surface area contributed by atoms with E-state index in [0.29, 0.717) is 16.5 Å². The van der Waals surface area contributed by atoms with Gasteiger partial charge in [0.15, 0.2) is 6.10 Å². The van der Waals surface area contributed by atoms with E-state index >= 15 is 0 Å². The first-order chi connectivity index (χ1) is 11.0. The summed E-state index contributed by atoms with van der Waals surface area (Å²) in [5, 5.41) is 5.66. The summed E-state index contributed by atoms with van der Waals surface area (Å²) in [6.07, 6.45) is 0.782. The summed E-state index contributed by atoms with van der Waals surface area (Å²) in [6.45, 7) is 1.73. The van der Waals surface area contributed by atoms with Crippen LogP contribution in [0.4, 0.5) is 0 Å². The molecule has 1 unspecified atom stereocenters. The van der Waals surface area contributed by atoms with E-state index in [0.717, 1.165) is 0 Å². The number of hydrogen-bond acceptors (Lipinski definition) is 4. The van der Waals surface area contributed by atoms with Crippen LogP contribution >= 0.6 is 11.6 Å². The number of furan rings is 1. The molecule has 0 radical (unpaired) electrons. The topological polar surface area (TPSA) is 80.6 Å². The lowest BCUT2D eigenvalue weighted by molar-refractivity contribution is -0.130. The van der Waals surface area contributed by atoms with Crippen LogP contribution in [0.1, 0.15) is 12.7 Å². The monoisotopic (exact) mass is 336 g/mol. The van der Waals surface area contributed by atoms with Gasteiger partial charge in [0.05, 0.1) is 19.4 Å². The average Bonchev–Trinajstić information content (AvgIpc) is 3.04. The zero-order valence-corrected chi connectivity index (χ0v) is 13.3. The van der Waals surface area contributed by atoms with Crippen LogP contribution in [0.5, 0.6) is 5.75 Å². The molecule has 1 atom stereocenters. The van der Waals surface area contributed by atoms with Crippen LogP contribution < -0.4 is 15.4 Å². The van der Waals surface area contributed by atoms with Crippen LogP contribution in [0.2, 0.25) is 5.02 Å². The molecule has 2 amide bonds. The van der Waals surface area contributed by atoms with Gasteiger partial charge >= 0.3 is 0 Å². The second-order valence-corrected chi connectivity index (χ2v) is 5.23. The third kappa shape index (κ3) is 5.67. The molecule has 0 aliphatic carbocycles. The number of ether oxygens (including phenoxy) is 1. The maximum Gasteiger partial charge on any atom is 0.261 e. The van der Waals surface area contributed by atoms with E-state index in [4.69, 9.17) is 20.8 Å². The molecule has 0 fully saturated rings. The molecule has 6 nitrogen and oxygen atoms in total. The molecule has 7 heteroatoms. The first kappa shape index (κ1) is 16.9. The summed E-state index contributed by atoms with van der Waals surface area (Å²) in [5.41, 5.74) is 0. The van der Waals surface area contributed by atoms with Crippen LogP contribution in [0.15, 0.2) is 47.1 Å². The summed E-state index contributed by atoms with van der Waals surface area (Å²) < 4.78 is 10.6.